The lowest BCUT2D eigenvalue weighted by molar-refractivity contribution is -0.122. The molecule has 0 bridgehead atoms. The molecule has 19 heavy (non-hydrogen) atoms. The molecule has 1 heterocycles. The monoisotopic (exact) mass is 273 g/mol. The molecular weight excluding hydrogens is 250 g/mol. The van der Waals surface area contributed by atoms with Gasteiger partial charge in [-0.05, 0) is 19.8 Å². The van der Waals surface area contributed by atoms with Crippen molar-refractivity contribution in [3.63, 3.8) is 0 Å². The number of piperidine rings is 1. The molecule has 7 heteroatoms. The molecule has 1 rings (SSSR count). The number of carbonyl (C=O) groups is 2. The van der Waals surface area contributed by atoms with Crippen LogP contribution in [0.5, 0.6) is 0 Å². The Hall–Kier alpha value is -1.18. The lowest BCUT2D eigenvalue weighted by Gasteiger charge is -2.35. The maximum Gasteiger partial charge on any atom is 0.321 e. The number of carbonyl (C=O) groups excluding carboxylic acids is 2. The molecule has 0 aliphatic carbocycles. The van der Waals surface area contributed by atoms with Gasteiger partial charge in [-0.1, -0.05) is 0 Å². The molecule has 0 atom stereocenters. The third kappa shape index (κ3) is 6.51. The van der Waals surface area contributed by atoms with Gasteiger partial charge in [0, 0.05) is 26.7 Å². The summed E-state index contributed by atoms with van der Waals surface area (Å²) in [5, 5.41) is 14.6. The minimum absolute atomic E-state index is 0.174. The molecule has 1 aliphatic rings. The molecule has 110 valence electrons. The van der Waals surface area contributed by atoms with Crippen LogP contribution >= 0.6 is 0 Å². The number of urea groups is 1. The van der Waals surface area contributed by atoms with E-state index in [9.17, 15) is 14.7 Å². The molecule has 0 unspecified atom stereocenters. The van der Waals surface area contributed by atoms with Crippen LogP contribution in [0.25, 0.3) is 0 Å². The van der Waals surface area contributed by atoms with E-state index in [2.05, 4.69) is 10.6 Å². The Morgan fingerprint density at radius 3 is 2.58 bits per heavy atom. The Kier molecular flexibility index (Phi) is 6.20. The summed E-state index contributed by atoms with van der Waals surface area (Å²) in [5.74, 6) is -0.337. The minimum Gasteiger partial charge on any atom is -0.390 e. The van der Waals surface area contributed by atoms with E-state index in [1.54, 1.807) is 6.92 Å². The number of rotatable bonds is 5. The fraction of sp³-hybridized carbons (Fsp3) is 0.833. The van der Waals surface area contributed by atoms with Crippen LogP contribution in [0.4, 0.5) is 4.79 Å². The number of hydrogen-bond acceptors (Lipinski definition) is 5. The number of aliphatic hydroxyl groups is 1. The Morgan fingerprint density at radius 2 is 2.00 bits per heavy atom. The number of nitrogens with zero attached hydrogens (tertiary/aromatic N) is 1. The highest BCUT2D eigenvalue weighted by Crippen LogP contribution is 2.20. The normalized spacial score (nSPS) is 18.9. The summed E-state index contributed by atoms with van der Waals surface area (Å²) in [4.78, 5) is 24.9. The van der Waals surface area contributed by atoms with Gasteiger partial charge in [0.2, 0.25) is 5.91 Å². The van der Waals surface area contributed by atoms with Crippen molar-refractivity contribution in [3.8, 4) is 0 Å². The van der Waals surface area contributed by atoms with E-state index in [1.807, 2.05) is 4.90 Å². The minimum atomic E-state index is -0.634. The smallest absolute Gasteiger partial charge is 0.321 e. The third-order valence-corrected chi connectivity index (χ3v) is 3.15. The van der Waals surface area contributed by atoms with E-state index in [1.165, 1.54) is 7.11 Å². The van der Waals surface area contributed by atoms with E-state index < -0.39 is 11.6 Å². The third-order valence-electron chi connectivity index (χ3n) is 3.15. The maximum atomic E-state index is 11.6. The SMILES string of the molecule is COCCNC(=O)NC(=O)CN1CCC(C)(O)CC1. The van der Waals surface area contributed by atoms with Crippen molar-refractivity contribution in [1.82, 2.24) is 15.5 Å². The Labute approximate surface area is 113 Å². The van der Waals surface area contributed by atoms with Gasteiger partial charge in [-0.25, -0.2) is 4.79 Å². The molecule has 0 aromatic carbocycles. The van der Waals surface area contributed by atoms with Crippen LogP contribution in [0.2, 0.25) is 0 Å². The number of imide groups is 1. The number of ether oxygens (including phenoxy) is 1. The quantitative estimate of drug-likeness (QED) is 0.577. The predicted molar refractivity (Wildman–Crippen MR) is 69.7 cm³/mol. The zero-order chi connectivity index (χ0) is 14.3. The van der Waals surface area contributed by atoms with Gasteiger partial charge in [-0.3, -0.25) is 15.0 Å². The second-order valence-electron chi connectivity index (χ2n) is 5.07. The first-order valence-electron chi connectivity index (χ1n) is 6.44. The number of likely N-dealkylation sites (tertiary alicyclic amines) is 1. The molecule has 3 N–H and O–H groups in total. The zero-order valence-electron chi connectivity index (χ0n) is 11.6. The summed E-state index contributed by atoms with van der Waals surface area (Å²) < 4.78 is 4.78. The van der Waals surface area contributed by atoms with Gasteiger partial charge in [-0.15, -0.1) is 0 Å². The van der Waals surface area contributed by atoms with Gasteiger partial charge < -0.3 is 15.2 Å². The second kappa shape index (κ2) is 7.42. The average Bonchev–Trinajstić information content (AvgIpc) is 2.32. The van der Waals surface area contributed by atoms with E-state index >= 15 is 0 Å². The van der Waals surface area contributed by atoms with Crippen LogP contribution in [0.1, 0.15) is 19.8 Å². The van der Waals surface area contributed by atoms with Crippen LogP contribution in [0.3, 0.4) is 0 Å². The topological polar surface area (TPSA) is 90.9 Å². The number of nitrogens with one attached hydrogen (secondary N) is 2. The van der Waals surface area contributed by atoms with Gasteiger partial charge in [0.1, 0.15) is 0 Å². The first-order valence-corrected chi connectivity index (χ1v) is 6.44. The summed E-state index contributed by atoms with van der Waals surface area (Å²) >= 11 is 0. The van der Waals surface area contributed by atoms with Gasteiger partial charge in [0.05, 0.1) is 18.8 Å². The molecule has 0 aromatic rings. The Bertz CT molecular complexity index is 310. The van der Waals surface area contributed by atoms with Crippen molar-refractivity contribution in [1.29, 1.82) is 0 Å². The number of amides is 3. The van der Waals surface area contributed by atoms with Crippen molar-refractivity contribution in [2.45, 2.75) is 25.4 Å². The summed E-state index contributed by atoms with van der Waals surface area (Å²) in [6.07, 6.45) is 1.28. The summed E-state index contributed by atoms with van der Waals surface area (Å²) in [6.45, 7) is 4.06. The summed E-state index contributed by atoms with van der Waals surface area (Å²) in [7, 11) is 1.54. The Balaban J connectivity index is 2.19. The summed E-state index contributed by atoms with van der Waals surface area (Å²) in [6, 6.07) is -0.508. The average molecular weight is 273 g/mol. The highest BCUT2D eigenvalue weighted by molar-refractivity contribution is 5.95. The molecule has 1 saturated heterocycles. The van der Waals surface area contributed by atoms with Gasteiger partial charge in [0.25, 0.3) is 0 Å². The van der Waals surface area contributed by atoms with Gasteiger partial charge >= 0.3 is 6.03 Å². The molecule has 0 radical (unpaired) electrons. The van der Waals surface area contributed by atoms with Gasteiger partial charge in [0.15, 0.2) is 0 Å². The first kappa shape index (κ1) is 15.9. The molecular formula is C12H23N3O4. The van der Waals surface area contributed by atoms with E-state index in [0.29, 0.717) is 39.1 Å². The number of methoxy groups -OCH3 is 1. The zero-order valence-corrected chi connectivity index (χ0v) is 11.6. The van der Waals surface area contributed by atoms with Crippen LogP contribution in [-0.2, 0) is 9.53 Å². The molecule has 0 spiro atoms. The van der Waals surface area contributed by atoms with Crippen molar-refractivity contribution in [2.75, 3.05) is 39.9 Å². The van der Waals surface area contributed by atoms with E-state index in [0.717, 1.165) is 0 Å². The van der Waals surface area contributed by atoms with Crippen molar-refractivity contribution in [3.05, 3.63) is 0 Å². The van der Waals surface area contributed by atoms with Gasteiger partial charge in [-0.2, -0.15) is 0 Å². The van der Waals surface area contributed by atoms with Crippen LogP contribution in [0.15, 0.2) is 0 Å². The molecule has 1 fully saturated rings. The van der Waals surface area contributed by atoms with E-state index in [4.69, 9.17) is 4.74 Å². The first-order chi connectivity index (χ1) is 8.93. The molecule has 1 aliphatic heterocycles. The highest BCUT2D eigenvalue weighted by atomic mass is 16.5. The van der Waals surface area contributed by atoms with Crippen LogP contribution in [-0.4, -0.2) is 67.4 Å². The lowest BCUT2D eigenvalue weighted by atomic mass is 9.94. The lowest BCUT2D eigenvalue weighted by Crippen LogP contribution is -2.49. The van der Waals surface area contributed by atoms with Crippen LogP contribution in [0, 0.1) is 0 Å². The maximum absolute atomic E-state index is 11.6. The largest absolute Gasteiger partial charge is 0.390 e. The Morgan fingerprint density at radius 1 is 1.37 bits per heavy atom. The molecule has 0 saturated carbocycles. The predicted octanol–water partition coefficient (Wildman–Crippen LogP) is -0.695. The van der Waals surface area contributed by atoms with Crippen LogP contribution < -0.4 is 10.6 Å². The fourth-order valence-electron chi connectivity index (χ4n) is 1.87. The van der Waals surface area contributed by atoms with Crippen molar-refractivity contribution >= 4 is 11.9 Å². The fourth-order valence-corrected chi connectivity index (χ4v) is 1.87. The summed E-state index contributed by atoms with van der Waals surface area (Å²) in [5.41, 5.74) is -0.634. The molecule has 3 amide bonds. The highest BCUT2D eigenvalue weighted by Gasteiger charge is 2.28. The number of hydrogen-bond donors (Lipinski definition) is 3. The van der Waals surface area contributed by atoms with Crippen molar-refractivity contribution in [2.24, 2.45) is 0 Å². The molecule has 0 aromatic heterocycles. The standard InChI is InChI=1S/C12H23N3O4/c1-12(18)3-6-15(7-4-12)9-10(16)14-11(17)13-5-8-19-2/h18H,3-9H2,1-2H3,(H2,13,14,16,17). The van der Waals surface area contributed by atoms with Crippen molar-refractivity contribution < 1.29 is 19.4 Å². The molecule has 7 nitrogen and oxygen atoms in total. The van der Waals surface area contributed by atoms with E-state index in [-0.39, 0.29) is 12.5 Å². The second-order valence-corrected chi connectivity index (χ2v) is 5.07.